The third kappa shape index (κ3) is 2.12. The van der Waals surface area contributed by atoms with Crippen molar-refractivity contribution in [3.05, 3.63) is 22.7 Å². The molecule has 0 radical (unpaired) electrons. The van der Waals surface area contributed by atoms with E-state index in [9.17, 15) is 4.79 Å². The summed E-state index contributed by atoms with van der Waals surface area (Å²) in [5.41, 5.74) is 0.562. The molecule has 0 fully saturated rings. The highest BCUT2D eigenvalue weighted by atomic mass is 35.5. The van der Waals surface area contributed by atoms with Crippen molar-refractivity contribution in [1.82, 2.24) is 0 Å². The molecule has 0 amide bonds. The van der Waals surface area contributed by atoms with Gasteiger partial charge in [-0.1, -0.05) is 11.6 Å². The monoisotopic (exact) mass is 244 g/mol. The van der Waals surface area contributed by atoms with E-state index in [1.54, 1.807) is 19.2 Å². The fourth-order valence-electron chi connectivity index (χ4n) is 1.41. The van der Waals surface area contributed by atoms with Gasteiger partial charge in [0.05, 0.1) is 29.2 Å². The molecule has 1 heterocycles. The number of carbonyl (C=O) groups is 1. The number of carbonyl (C=O) groups excluding carboxylic acids is 1. The number of ether oxygens (including phenoxy) is 1. The molecule has 0 bridgehead atoms. The fraction of sp³-hybridized carbons (Fsp3) is 0.300. The molecule has 3 nitrogen and oxygen atoms in total. The first-order valence-corrected chi connectivity index (χ1v) is 5.54. The number of rotatable bonds is 2. The van der Waals surface area contributed by atoms with E-state index >= 15 is 0 Å². The van der Waals surface area contributed by atoms with Crippen LogP contribution < -0.4 is 4.74 Å². The van der Waals surface area contributed by atoms with E-state index in [1.165, 1.54) is 0 Å². The molecule has 0 N–H and O–H groups in total. The number of ketones is 1. The smallest absolute Gasteiger partial charge is 0.170 e. The minimum atomic E-state index is 0.0760. The van der Waals surface area contributed by atoms with Crippen molar-refractivity contribution < 1.29 is 13.7 Å². The Morgan fingerprint density at radius 2 is 2.33 bits per heavy atom. The first kappa shape index (κ1) is 10.8. The zero-order valence-corrected chi connectivity index (χ0v) is 9.65. The lowest BCUT2D eigenvalue weighted by molar-refractivity contribution is 0.0933. The van der Waals surface area contributed by atoms with Crippen LogP contribution in [0.4, 0.5) is 0 Å². The number of benzene rings is 1. The molecule has 0 atom stereocenters. The molecule has 1 aromatic carbocycles. The minimum absolute atomic E-state index is 0.0760. The highest BCUT2D eigenvalue weighted by Gasteiger charge is 2.20. The SMILES string of the molecule is COSc1cc2c(cc1Cl)C(=O)CCO2. The molecule has 0 saturated heterocycles. The van der Waals surface area contributed by atoms with Gasteiger partial charge in [-0.05, 0) is 12.1 Å². The molecule has 0 aliphatic carbocycles. The van der Waals surface area contributed by atoms with E-state index in [-0.39, 0.29) is 5.78 Å². The quantitative estimate of drug-likeness (QED) is 0.750. The maximum absolute atomic E-state index is 11.5. The molecule has 15 heavy (non-hydrogen) atoms. The van der Waals surface area contributed by atoms with Gasteiger partial charge in [0.15, 0.2) is 5.78 Å². The van der Waals surface area contributed by atoms with E-state index in [0.29, 0.717) is 29.4 Å². The molecule has 0 saturated carbocycles. The second kappa shape index (κ2) is 4.43. The third-order valence-corrected chi connectivity index (χ3v) is 3.20. The second-order valence-electron chi connectivity index (χ2n) is 3.05. The summed E-state index contributed by atoms with van der Waals surface area (Å²) in [5, 5.41) is 0.513. The van der Waals surface area contributed by atoms with Gasteiger partial charge in [-0.3, -0.25) is 4.79 Å². The number of hydrogen-bond acceptors (Lipinski definition) is 4. The molecule has 1 aromatic rings. The molecule has 0 aromatic heterocycles. The van der Waals surface area contributed by atoms with Gasteiger partial charge in [-0.2, -0.15) is 0 Å². The molecule has 1 aliphatic rings. The maximum atomic E-state index is 11.5. The molecule has 0 spiro atoms. The van der Waals surface area contributed by atoms with Gasteiger partial charge in [0.25, 0.3) is 0 Å². The van der Waals surface area contributed by atoms with Crippen molar-refractivity contribution in [3.8, 4) is 5.75 Å². The first-order chi connectivity index (χ1) is 7.22. The molecule has 1 aliphatic heterocycles. The van der Waals surface area contributed by atoms with Crippen molar-refractivity contribution in [2.75, 3.05) is 13.7 Å². The summed E-state index contributed by atoms with van der Waals surface area (Å²) in [5.74, 6) is 0.669. The average Bonchev–Trinajstić information content (AvgIpc) is 2.21. The van der Waals surface area contributed by atoms with Crippen molar-refractivity contribution in [1.29, 1.82) is 0 Å². The van der Waals surface area contributed by atoms with E-state index in [2.05, 4.69) is 0 Å². The van der Waals surface area contributed by atoms with Gasteiger partial charge in [0.2, 0.25) is 0 Å². The molecular formula is C10H9ClO3S. The van der Waals surface area contributed by atoms with Crippen LogP contribution in [0.25, 0.3) is 0 Å². The first-order valence-electron chi connectivity index (χ1n) is 4.42. The van der Waals surface area contributed by atoms with Gasteiger partial charge in [0.1, 0.15) is 5.75 Å². The van der Waals surface area contributed by atoms with Crippen LogP contribution in [0.15, 0.2) is 17.0 Å². The van der Waals surface area contributed by atoms with Gasteiger partial charge in [-0.25, -0.2) is 0 Å². The summed E-state index contributed by atoms with van der Waals surface area (Å²) in [6, 6.07) is 3.38. The minimum Gasteiger partial charge on any atom is -0.492 e. The largest absolute Gasteiger partial charge is 0.492 e. The summed E-state index contributed by atoms with van der Waals surface area (Å²) in [7, 11) is 1.56. The molecule has 2 rings (SSSR count). The molecule has 80 valence electrons. The van der Waals surface area contributed by atoms with Crippen molar-refractivity contribution in [2.45, 2.75) is 11.3 Å². The average molecular weight is 245 g/mol. The summed E-state index contributed by atoms with van der Waals surface area (Å²) >= 11 is 7.15. The number of fused-ring (bicyclic) bond motifs is 1. The summed E-state index contributed by atoms with van der Waals surface area (Å²) < 4.78 is 10.3. The predicted octanol–water partition coefficient (Wildman–Crippen LogP) is 2.96. The van der Waals surface area contributed by atoms with Gasteiger partial charge in [0, 0.05) is 18.5 Å². The van der Waals surface area contributed by atoms with Gasteiger partial charge < -0.3 is 8.92 Å². The highest BCUT2D eigenvalue weighted by Crippen LogP contribution is 2.35. The summed E-state index contributed by atoms with van der Waals surface area (Å²) in [4.78, 5) is 12.3. The third-order valence-electron chi connectivity index (χ3n) is 2.09. The highest BCUT2D eigenvalue weighted by molar-refractivity contribution is 7.94. The predicted molar refractivity (Wildman–Crippen MR) is 58.8 cm³/mol. The number of Topliss-reactive ketones (excluding diaryl/α,β-unsaturated/α-hetero) is 1. The Morgan fingerprint density at radius 1 is 1.53 bits per heavy atom. The van der Waals surface area contributed by atoms with Crippen LogP contribution in [0, 0.1) is 0 Å². The molecular weight excluding hydrogens is 236 g/mol. The molecule has 0 unspecified atom stereocenters. The Labute approximate surface area is 96.9 Å². The van der Waals surface area contributed by atoms with Gasteiger partial charge in [-0.15, -0.1) is 0 Å². The van der Waals surface area contributed by atoms with E-state index < -0.39 is 0 Å². The normalized spacial score (nSPS) is 14.7. The van der Waals surface area contributed by atoms with Crippen molar-refractivity contribution in [2.24, 2.45) is 0 Å². The van der Waals surface area contributed by atoms with Crippen molar-refractivity contribution in [3.63, 3.8) is 0 Å². The molecule has 5 heteroatoms. The zero-order chi connectivity index (χ0) is 10.8. The van der Waals surface area contributed by atoms with Crippen LogP contribution in [0.1, 0.15) is 16.8 Å². The van der Waals surface area contributed by atoms with E-state index in [0.717, 1.165) is 16.9 Å². The number of hydrogen-bond donors (Lipinski definition) is 0. The maximum Gasteiger partial charge on any atom is 0.170 e. The standard InChI is InChI=1S/C10H9ClO3S/c1-13-15-10-5-9-6(4-7(10)11)8(12)2-3-14-9/h4-5H,2-3H2,1H3. The fourth-order valence-corrected chi connectivity index (χ4v) is 2.15. The van der Waals surface area contributed by atoms with Crippen molar-refractivity contribution >= 4 is 29.4 Å². The van der Waals surface area contributed by atoms with Crippen LogP contribution in [-0.4, -0.2) is 19.5 Å². The number of halogens is 1. The lowest BCUT2D eigenvalue weighted by atomic mass is 10.1. The van der Waals surface area contributed by atoms with Crippen LogP contribution >= 0.6 is 23.6 Å². The lowest BCUT2D eigenvalue weighted by Gasteiger charge is -2.17. The Balaban J connectivity index is 2.44. The summed E-state index contributed by atoms with van der Waals surface area (Å²) in [6.07, 6.45) is 0.417. The topological polar surface area (TPSA) is 35.5 Å². The Hall–Kier alpha value is -0.710. The van der Waals surface area contributed by atoms with Crippen LogP contribution in [0.3, 0.4) is 0 Å². The zero-order valence-electron chi connectivity index (χ0n) is 8.08. The Morgan fingerprint density at radius 3 is 3.07 bits per heavy atom. The van der Waals surface area contributed by atoms with Crippen LogP contribution in [0.5, 0.6) is 5.75 Å². The van der Waals surface area contributed by atoms with Gasteiger partial charge >= 0.3 is 0 Å². The Bertz CT molecular complexity index is 406. The Kier molecular flexibility index (Phi) is 3.19. The van der Waals surface area contributed by atoms with Crippen LogP contribution in [-0.2, 0) is 4.18 Å². The van der Waals surface area contributed by atoms with Crippen LogP contribution in [0.2, 0.25) is 5.02 Å². The summed E-state index contributed by atoms with van der Waals surface area (Å²) in [6.45, 7) is 0.435. The second-order valence-corrected chi connectivity index (χ2v) is 4.40. The van der Waals surface area contributed by atoms with E-state index in [4.69, 9.17) is 20.5 Å². The lowest BCUT2D eigenvalue weighted by Crippen LogP contribution is -2.15. The van der Waals surface area contributed by atoms with E-state index in [1.807, 2.05) is 0 Å².